The first kappa shape index (κ1) is 35.6. The Morgan fingerprint density at radius 1 is 0.306 bits per heavy atom. The predicted octanol–water partition coefficient (Wildman–Crippen LogP) is 13.1. The minimum atomic E-state index is -0.633. The monoisotopic (exact) mass is 793 g/mol. The minimum Gasteiger partial charge on any atom is -0.457 e. The molecule has 0 fully saturated rings. The van der Waals surface area contributed by atoms with Crippen LogP contribution in [-0.4, -0.2) is 24.9 Å². The average Bonchev–Trinajstić information content (AvgIpc) is 3.65. The zero-order valence-electron chi connectivity index (χ0n) is 33.4. The summed E-state index contributed by atoms with van der Waals surface area (Å²) in [5.41, 5.74) is 16.8. The van der Waals surface area contributed by atoms with Crippen LogP contribution < -0.4 is 4.74 Å². The van der Waals surface area contributed by atoms with E-state index in [-0.39, 0.29) is 0 Å². The number of fused-ring (bicyclic) bond motifs is 9. The van der Waals surface area contributed by atoms with Gasteiger partial charge in [-0.05, 0) is 88.0 Å². The van der Waals surface area contributed by atoms with E-state index in [0.29, 0.717) is 5.82 Å². The fourth-order valence-corrected chi connectivity index (χ4v) is 9.36. The summed E-state index contributed by atoms with van der Waals surface area (Å²) in [5.74, 6) is 2.24. The van der Waals surface area contributed by atoms with Crippen LogP contribution in [0.15, 0.2) is 213 Å². The highest BCUT2D eigenvalue weighted by atomic mass is 16.5. The van der Waals surface area contributed by atoms with Crippen LogP contribution in [0.2, 0.25) is 0 Å². The number of nitrogens with zero attached hydrogens (tertiary/aromatic N) is 5. The fraction of sp³-hybridized carbons (Fsp3) is 0.0179. The first-order valence-electron chi connectivity index (χ1n) is 20.7. The third kappa shape index (κ3) is 5.76. The zero-order valence-corrected chi connectivity index (χ0v) is 33.4. The molecule has 10 aromatic rings. The Morgan fingerprint density at radius 2 is 0.758 bits per heavy atom. The van der Waals surface area contributed by atoms with Gasteiger partial charge in [0.25, 0.3) is 0 Å². The third-order valence-electron chi connectivity index (χ3n) is 12.2. The largest absolute Gasteiger partial charge is 0.457 e. The van der Waals surface area contributed by atoms with Crippen molar-refractivity contribution in [3.05, 3.63) is 235 Å². The van der Waals surface area contributed by atoms with Crippen LogP contribution >= 0.6 is 0 Å². The third-order valence-corrected chi connectivity index (χ3v) is 12.2. The van der Waals surface area contributed by atoms with Crippen molar-refractivity contribution in [3.8, 4) is 90.2 Å². The van der Waals surface area contributed by atoms with Crippen LogP contribution in [0.1, 0.15) is 22.3 Å². The Bertz CT molecular complexity index is 2980. The van der Waals surface area contributed by atoms with E-state index in [2.05, 4.69) is 137 Å². The molecule has 0 bridgehead atoms. The molecule has 6 nitrogen and oxygen atoms in total. The highest BCUT2D eigenvalue weighted by molar-refractivity contribution is 5.90. The molecule has 0 unspecified atom stereocenters. The van der Waals surface area contributed by atoms with Crippen molar-refractivity contribution >= 4 is 0 Å². The Balaban J connectivity index is 1.07. The number of aromatic nitrogens is 5. The lowest BCUT2D eigenvalue weighted by molar-refractivity contribution is 0.437. The molecule has 12 rings (SSSR count). The maximum atomic E-state index is 7.20. The van der Waals surface area contributed by atoms with E-state index >= 15 is 0 Å². The predicted molar refractivity (Wildman–Crippen MR) is 245 cm³/mol. The summed E-state index contributed by atoms with van der Waals surface area (Å²) in [7, 11) is 0. The molecule has 0 saturated heterocycles. The molecular formula is C56H35N5O. The molecule has 2 aliphatic rings. The molecule has 0 radical (unpaired) electrons. The highest BCUT2D eigenvalue weighted by Crippen LogP contribution is 2.62. The second-order valence-corrected chi connectivity index (χ2v) is 15.7. The Morgan fingerprint density at radius 3 is 1.34 bits per heavy atom. The first-order valence-corrected chi connectivity index (χ1v) is 20.7. The molecule has 1 aliphatic heterocycles. The summed E-state index contributed by atoms with van der Waals surface area (Å²) in [6.07, 6.45) is 7.21. The van der Waals surface area contributed by atoms with E-state index < -0.39 is 5.41 Å². The minimum absolute atomic E-state index is 0.633. The van der Waals surface area contributed by atoms with Crippen molar-refractivity contribution < 1.29 is 4.74 Å². The molecular weight excluding hydrogens is 759 g/mol. The van der Waals surface area contributed by atoms with Crippen molar-refractivity contribution in [2.24, 2.45) is 0 Å². The molecule has 4 aromatic heterocycles. The van der Waals surface area contributed by atoms with Gasteiger partial charge in [0, 0.05) is 63.7 Å². The molecule has 0 saturated carbocycles. The van der Waals surface area contributed by atoms with Crippen molar-refractivity contribution in [2.75, 3.05) is 0 Å². The Labute approximate surface area is 359 Å². The van der Waals surface area contributed by atoms with Gasteiger partial charge in [-0.1, -0.05) is 133 Å². The van der Waals surface area contributed by atoms with Crippen LogP contribution in [0.3, 0.4) is 0 Å². The van der Waals surface area contributed by atoms with Crippen LogP contribution in [-0.2, 0) is 5.41 Å². The first-order chi connectivity index (χ1) is 30.7. The lowest BCUT2D eigenvalue weighted by Gasteiger charge is -2.39. The SMILES string of the molecule is c1ccc(-c2cc(-c3ccc4c(c3)Oc3cc(-c5cc(-c6ccncc6)nc(-c6ccncc6)c5)ccc3C43c4ccccc4-c4ccccc43)nc(-c3ccccc3)n2)cc1. The normalized spacial score (nSPS) is 12.8. The van der Waals surface area contributed by atoms with Crippen molar-refractivity contribution in [3.63, 3.8) is 0 Å². The summed E-state index contributed by atoms with van der Waals surface area (Å²) in [5, 5.41) is 0. The molecule has 0 N–H and O–H groups in total. The van der Waals surface area contributed by atoms with Crippen LogP contribution in [0.5, 0.6) is 11.5 Å². The van der Waals surface area contributed by atoms with E-state index in [1.54, 1.807) is 24.8 Å². The number of benzene rings is 6. The second kappa shape index (κ2) is 14.4. The zero-order chi connectivity index (χ0) is 41.0. The van der Waals surface area contributed by atoms with Crippen LogP contribution in [0.4, 0.5) is 0 Å². The van der Waals surface area contributed by atoms with Crippen molar-refractivity contribution in [1.29, 1.82) is 0 Å². The quantitative estimate of drug-likeness (QED) is 0.167. The number of pyridine rings is 3. The Kier molecular flexibility index (Phi) is 8.28. The number of hydrogen-bond acceptors (Lipinski definition) is 6. The summed E-state index contributed by atoms with van der Waals surface area (Å²) in [6.45, 7) is 0. The molecule has 62 heavy (non-hydrogen) atoms. The summed E-state index contributed by atoms with van der Waals surface area (Å²) >= 11 is 0. The van der Waals surface area contributed by atoms with Gasteiger partial charge in [-0.2, -0.15) is 0 Å². The van der Waals surface area contributed by atoms with Gasteiger partial charge in [0.05, 0.1) is 28.2 Å². The molecule has 6 heteroatoms. The van der Waals surface area contributed by atoms with Gasteiger partial charge in [-0.25, -0.2) is 15.0 Å². The van der Waals surface area contributed by atoms with Gasteiger partial charge in [0.15, 0.2) is 5.82 Å². The maximum Gasteiger partial charge on any atom is 0.160 e. The summed E-state index contributed by atoms with van der Waals surface area (Å²) < 4.78 is 7.20. The maximum absolute atomic E-state index is 7.20. The number of hydrogen-bond donors (Lipinski definition) is 0. The van der Waals surface area contributed by atoms with Crippen LogP contribution in [0.25, 0.3) is 78.7 Å². The van der Waals surface area contributed by atoms with Crippen LogP contribution in [0, 0.1) is 0 Å². The van der Waals surface area contributed by atoms with Gasteiger partial charge >= 0.3 is 0 Å². The summed E-state index contributed by atoms with van der Waals surface area (Å²) in [4.78, 5) is 23.9. The van der Waals surface area contributed by atoms with Gasteiger partial charge in [0.2, 0.25) is 0 Å². The molecule has 1 aliphatic carbocycles. The van der Waals surface area contributed by atoms with Gasteiger partial charge in [-0.15, -0.1) is 0 Å². The van der Waals surface area contributed by atoms with Gasteiger partial charge in [0.1, 0.15) is 11.5 Å². The molecule has 5 heterocycles. The van der Waals surface area contributed by atoms with E-state index in [9.17, 15) is 0 Å². The van der Waals surface area contributed by atoms with Crippen molar-refractivity contribution in [2.45, 2.75) is 5.41 Å². The van der Waals surface area contributed by atoms with Gasteiger partial charge < -0.3 is 4.74 Å². The van der Waals surface area contributed by atoms with E-state index in [0.717, 1.165) is 84.3 Å². The number of rotatable bonds is 6. The fourth-order valence-electron chi connectivity index (χ4n) is 9.36. The van der Waals surface area contributed by atoms with Crippen molar-refractivity contribution in [1.82, 2.24) is 24.9 Å². The topological polar surface area (TPSA) is 73.7 Å². The molecule has 6 aromatic carbocycles. The standard InChI is InChI=1S/C56H35N5O/c1-3-11-36(12-4-1)51-35-52(61-55(60-51)39-13-5-2-6-14-39)41-20-22-48-54(34-41)62-53-33-40(19-21-47(53)56(48)45-17-9-7-15-43(45)44-16-8-10-18-46(44)56)42-31-49(37-23-27-57-28-24-37)59-50(32-42)38-25-29-58-30-26-38/h1-35H. The smallest absolute Gasteiger partial charge is 0.160 e. The van der Waals surface area contributed by atoms with E-state index in [4.69, 9.17) is 19.7 Å². The molecule has 0 atom stereocenters. The Hall–Kier alpha value is -8.35. The molecule has 1 spiro atoms. The molecule has 290 valence electrons. The second-order valence-electron chi connectivity index (χ2n) is 15.7. The average molecular weight is 794 g/mol. The lowest BCUT2D eigenvalue weighted by Crippen LogP contribution is -2.32. The number of ether oxygens (including phenoxy) is 1. The lowest BCUT2D eigenvalue weighted by atomic mass is 9.66. The molecule has 0 amide bonds. The highest BCUT2D eigenvalue weighted by Gasteiger charge is 2.51. The summed E-state index contributed by atoms with van der Waals surface area (Å²) in [6, 6.07) is 65.7. The van der Waals surface area contributed by atoms with E-state index in [1.165, 1.54) is 22.3 Å². The van der Waals surface area contributed by atoms with E-state index in [1.807, 2.05) is 60.7 Å². The van der Waals surface area contributed by atoms with Gasteiger partial charge in [-0.3, -0.25) is 9.97 Å².